The Morgan fingerprint density at radius 2 is 2.10 bits per heavy atom. The minimum absolute atomic E-state index is 0.0660. The molecule has 110 valence electrons. The topological polar surface area (TPSA) is 81.9 Å². The van der Waals surface area contributed by atoms with Crippen LogP contribution in [0.25, 0.3) is 0 Å². The first kappa shape index (κ1) is 15.8. The number of hydrogen-bond acceptors (Lipinski definition) is 5. The number of hydrogen-bond donors (Lipinski definition) is 1. The molecule has 0 spiro atoms. The Hall–Kier alpha value is -2.24. The van der Waals surface area contributed by atoms with Crippen LogP contribution in [0.3, 0.4) is 0 Å². The fourth-order valence-electron chi connectivity index (χ4n) is 1.62. The van der Waals surface area contributed by atoms with Gasteiger partial charge in [-0.2, -0.15) is 0 Å². The van der Waals surface area contributed by atoms with Gasteiger partial charge in [0.05, 0.1) is 7.11 Å². The van der Waals surface area contributed by atoms with Crippen LogP contribution in [0.2, 0.25) is 0 Å². The van der Waals surface area contributed by atoms with Crippen LogP contribution in [0.5, 0.6) is 5.75 Å². The van der Waals surface area contributed by atoms with Gasteiger partial charge in [0, 0.05) is 18.3 Å². The quantitative estimate of drug-likeness (QED) is 0.596. The van der Waals surface area contributed by atoms with Crippen molar-refractivity contribution < 1.29 is 19.1 Å². The van der Waals surface area contributed by atoms with Crippen LogP contribution in [0, 0.1) is 0 Å². The van der Waals surface area contributed by atoms with E-state index in [0.717, 1.165) is 6.42 Å². The molecule has 20 heavy (non-hydrogen) atoms. The van der Waals surface area contributed by atoms with Gasteiger partial charge >= 0.3 is 5.97 Å². The molecule has 1 aromatic rings. The van der Waals surface area contributed by atoms with Crippen LogP contribution < -0.4 is 10.5 Å². The van der Waals surface area contributed by atoms with Gasteiger partial charge in [0.25, 0.3) is 5.91 Å². The number of ether oxygens (including phenoxy) is 2. The summed E-state index contributed by atoms with van der Waals surface area (Å²) in [6.45, 7) is 2.20. The largest absolute Gasteiger partial charge is 0.484 e. The molecule has 0 heterocycles. The first-order chi connectivity index (χ1) is 9.56. The van der Waals surface area contributed by atoms with E-state index >= 15 is 0 Å². The van der Waals surface area contributed by atoms with E-state index in [1.54, 1.807) is 24.3 Å². The van der Waals surface area contributed by atoms with Gasteiger partial charge in [-0.05, 0) is 18.6 Å². The van der Waals surface area contributed by atoms with Crippen LogP contribution in [-0.4, -0.2) is 43.6 Å². The molecular formula is C14H20N2O4. The van der Waals surface area contributed by atoms with Crippen molar-refractivity contribution in [1.82, 2.24) is 4.90 Å². The molecule has 6 nitrogen and oxygen atoms in total. The molecule has 1 rings (SSSR count). The summed E-state index contributed by atoms with van der Waals surface area (Å²) in [5.41, 5.74) is 6.18. The Balaban J connectivity index is 2.55. The molecule has 0 saturated carbocycles. The molecule has 0 aliphatic heterocycles. The Bertz CT molecular complexity index is 462. The molecule has 6 heteroatoms. The second-order valence-electron chi connectivity index (χ2n) is 4.25. The van der Waals surface area contributed by atoms with Crippen molar-refractivity contribution in [3.8, 4) is 5.75 Å². The summed E-state index contributed by atoms with van der Waals surface area (Å²) >= 11 is 0. The third-order valence-electron chi connectivity index (χ3n) is 2.61. The van der Waals surface area contributed by atoms with Gasteiger partial charge in [-0.1, -0.05) is 13.0 Å². The number of nitrogens with two attached hydrogens (primary N) is 1. The third-order valence-corrected chi connectivity index (χ3v) is 2.61. The van der Waals surface area contributed by atoms with E-state index in [1.165, 1.54) is 12.0 Å². The first-order valence-corrected chi connectivity index (χ1v) is 6.39. The first-order valence-electron chi connectivity index (χ1n) is 6.39. The van der Waals surface area contributed by atoms with Gasteiger partial charge in [0.1, 0.15) is 12.3 Å². The van der Waals surface area contributed by atoms with Crippen molar-refractivity contribution in [2.45, 2.75) is 13.3 Å². The molecule has 0 aliphatic rings. The number of rotatable bonds is 7. The lowest BCUT2D eigenvalue weighted by atomic mass is 10.3. The summed E-state index contributed by atoms with van der Waals surface area (Å²) in [5, 5.41) is 0. The molecule has 1 aromatic carbocycles. The number of anilines is 1. The van der Waals surface area contributed by atoms with Gasteiger partial charge in [-0.25, -0.2) is 0 Å². The molecule has 0 bridgehead atoms. The monoisotopic (exact) mass is 280 g/mol. The second kappa shape index (κ2) is 8.04. The number of esters is 1. The average Bonchev–Trinajstić information content (AvgIpc) is 2.44. The maximum atomic E-state index is 12.0. The molecule has 0 aliphatic carbocycles. The Kier molecular flexibility index (Phi) is 6.36. The van der Waals surface area contributed by atoms with Gasteiger partial charge in [0.2, 0.25) is 0 Å². The zero-order chi connectivity index (χ0) is 15.0. The number of amides is 1. The van der Waals surface area contributed by atoms with Crippen LogP contribution in [-0.2, 0) is 14.3 Å². The lowest BCUT2D eigenvalue weighted by Gasteiger charge is -2.20. The minimum atomic E-state index is -0.448. The van der Waals surface area contributed by atoms with Gasteiger partial charge in [0.15, 0.2) is 6.61 Å². The van der Waals surface area contributed by atoms with Crippen molar-refractivity contribution in [2.24, 2.45) is 0 Å². The molecule has 0 aromatic heterocycles. The van der Waals surface area contributed by atoms with Crippen LogP contribution in [0.15, 0.2) is 24.3 Å². The second-order valence-corrected chi connectivity index (χ2v) is 4.25. The van der Waals surface area contributed by atoms with Crippen molar-refractivity contribution in [1.29, 1.82) is 0 Å². The maximum absolute atomic E-state index is 12.0. The Morgan fingerprint density at radius 3 is 2.70 bits per heavy atom. The van der Waals surface area contributed by atoms with Gasteiger partial charge < -0.3 is 20.1 Å². The van der Waals surface area contributed by atoms with Crippen LogP contribution in [0.1, 0.15) is 13.3 Å². The summed E-state index contributed by atoms with van der Waals surface area (Å²) in [7, 11) is 1.29. The van der Waals surface area contributed by atoms with Gasteiger partial charge in [-0.15, -0.1) is 0 Å². The summed E-state index contributed by atoms with van der Waals surface area (Å²) in [6.07, 6.45) is 0.751. The molecule has 1 amide bonds. The predicted octanol–water partition coefficient (Wildman–Crippen LogP) is 1.06. The van der Waals surface area contributed by atoms with E-state index in [-0.39, 0.29) is 19.1 Å². The Morgan fingerprint density at radius 1 is 1.35 bits per heavy atom. The van der Waals surface area contributed by atoms with Crippen molar-refractivity contribution in [3.05, 3.63) is 24.3 Å². The number of carbonyl (C=O) groups excluding carboxylic acids is 2. The smallest absolute Gasteiger partial charge is 0.325 e. The molecule has 2 N–H and O–H groups in total. The zero-order valence-electron chi connectivity index (χ0n) is 11.8. The van der Waals surface area contributed by atoms with Crippen LogP contribution in [0.4, 0.5) is 5.69 Å². The maximum Gasteiger partial charge on any atom is 0.325 e. The van der Waals surface area contributed by atoms with Crippen molar-refractivity contribution in [2.75, 3.05) is 32.5 Å². The number of methoxy groups -OCH3 is 1. The molecule has 0 atom stereocenters. The van der Waals surface area contributed by atoms with E-state index in [0.29, 0.717) is 18.0 Å². The predicted molar refractivity (Wildman–Crippen MR) is 75.2 cm³/mol. The Labute approximate surface area is 118 Å². The fraction of sp³-hybridized carbons (Fsp3) is 0.429. The number of benzene rings is 1. The van der Waals surface area contributed by atoms with Crippen molar-refractivity contribution in [3.63, 3.8) is 0 Å². The molecular weight excluding hydrogens is 260 g/mol. The van der Waals surface area contributed by atoms with Gasteiger partial charge in [-0.3, -0.25) is 9.59 Å². The number of carbonyl (C=O) groups is 2. The third kappa shape index (κ3) is 5.17. The summed E-state index contributed by atoms with van der Waals surface area (Å²) < 4.78 is 9.93. The highest BCUT2D eigenvalue weighted by Gasteiger charge is 2.17. The lowest BCUT2D eigenvalue weighted by Crippen LogP contribution is -2.39. The SMILES string of the molecule is CCCN(CC(=O)OC)C(=O)COc1cccc(N)c1. The van der Waals surface area contributed by atoms with E-state index in [2.05, 4.69) is 4.74 Å². The summed E-state index contributed by atoms with van der Waals surface area (Å²) in [4.78, 5) is 24.7. The standard InChI is InChI=1S/C14H20N2O4/c1-3-7-16(9-14(18)19-2)13(17)10-20-12-6-4-5-11(15)8-12/h4-6,8H,3,7,9-10,15H2,1-2H3. The molecule has 0 radical (unpaired) electrons. The highest BCUT2D eigenvalue weighted by molar-refractivity contribution is 5.83. The van der Waals surface area contributed by atoms with E-state index in [9.17, 15) is 9.59 Å². The van der Waals surface area contributed by atoms with Crippen LogP contribution >= 0.6 is 0 Å². The van der Waals surface area contributed by atoms with E-state index < -0.39 is 5.97 Å². The average molecular weight is 280 g/mol. The highest BCUT2D eigenvalue weighted by atomic mass is 16.5. The summed E-state index contributed by atoms with van der Waals surface area (Å²) in [5.74, 6) is -0.191. The fourth-order valence-corrected chi connectivity index (χ4v) is 1.62. The zero-order valence-corrected chi connectivity index (χ0v) is 11.8. The van der Waals surface area contributed by atoms with E-state index in [4.69, 9.17) is 10.5 Å². The van der Waals surface area contributed by atoms with Crippen molar-refractivity contribution >= 4 is 17.6 Å². The summed E-state index contributed by atoms with van der Waals surface area (Å²) in [6, 6.07) is 6.83. The molecule has 0 unspecified atom stereocenters. The van der Waals surface area contributed by atoms with E-state index in [1.807, 2.05) is 6.92 Å². The highest BCUT2D eigenvalue weighted by Crippen LogP contribution is 2.14. The number of nitrogen functional groups attached to an aromatic ring is 1. The normalized spacial score (nSPS) is 9.90. The molecule has 0 fully saturated rings. The number of nitrogens with zero attached hydrogens (tertiary/aromatic N) is 1. The molecule has 0 saturated heterocycles. The minimum Gasteiger partial charge on any atom is -0.484 e. The lowest BCUT2D eigenvalue weighted by molar-refractivity contribution is -0.147.